The lowest BCUT2D eigenvalue weighted by molar-refractivity contribution is -0.123. The summed E-state index contributed by atoms with van der Waals surface area (Å²) in [6.07, 6.45) is 2.75. The topological polar surface area (TPSA) is 79.5 Å². The van der Waals surface area contributed by atoms with E-state index in [0.717, 1.165) is 5.56 Å². The van der Waals surface area contributed by atoms with Gasteiger partial charge in [-0.05, 0) is 54.5 Å². The van der Waals surface area contributed by atoms with Crippen LogP contribution in [0.2, 0.25) is 0 Å². The first-order chi connectivity index (χ1) is 12.9. The van der Waals surface area contributed by atoms with E-state index < -0.39 is 11.8 Å². The van der Waals surface area contributed by atoms with Gasteiger partial charge >= 0.3 is 0 Å². The van der Waals surface area contributed by atoms with Crippen LogP contribution in [0.4, 0.5) is 4.39 Å². The highest BCUT2D eigenvalue weighted by Gasteiger charge is 2.06. The number of carbonyl (C=O) groups is 2. The Morgan fingerprint density at radius 3 is 2.52 bits per heavy atom. The van der Waals surface area contributed by atoms with Crippen LogP contribution in [0, 0.1) is 12.7 Å². The SMILES string of the molecule is Cc1ccccc1OCC(=O)NNC(=S)NC(=O)C=Cc1ccc(F)cc1. The predicted molar refractivity (Wildman–Crippen MR) is 104 cm³/mol. The van der Waals surface area contributed by atoms with Gasteiger partial charge in [0, 0.05) is 6.08 Å². The third kappa shape index (κ3) is 7.25. The molecule has 0 heterocycles. The Labute approximate surface area is 161 Å². The van der Waals surface area contributed by atoms with Gasteiger partial charge in [0.05, 0.1) is 0 Å². The number of hydrazine groups is 1. The highest BCUT2D eigenvalue weighted by molar-refractivity contribution is 7.80. The number of nitrogens with one attached hydrogen (secondary N) is 3. The summed E-state index contributed by atoms with van der Waals surface area (Å²) in [5, 5.41) is 2.29. The summed E-state index contributed by atoms with van der Waals surface area (Å²) in [7, 11) is 0. The van der Waals surface area contributed by atoms with Gasteiger partial charge in [0.2, 0.25) is 5.91 Å². The van der Waals surface area contributed by atoms with Gasteiger partial charge in [-0.3, -0.25) is 25.8 Å². The van der Waals surface area contributed by atoms with Crippen molar-refractivity contribution in [1.82, 2.24) is 16.2 Å². The molecule has 0 aliphatic rings. The van der Waals surface area contributed by atoms with Gasteiger partial charge in [-0.1, -0.05) is 30.3 Å². The van der Waals surface area contributed by atoms with Gasteiger partial charge in [0.15, 0.2) is 11.7 Å². The maximum atomic E-state index is 12.8. The molecule has 6 nitrogen and oxygen atoms in total. The summed E-state index contributed by atoms with van der Waals surface area (Å²) in [6, 6.07) is 13.0. The Balaban J connectivity index is 1.70. The largest absolute Gasteiger partial charge is 0.483 e. The van der Waals surface area contributed by atoms with Gasteiger partial charge in [0.1, 0.15) is 11.6 Å². The molecule has 27 heavy (non-hydrogen) atoms. The summed E-state index contributed by atoms with van der Waals surface area (Å²) in [5.74, 6) is -0.711. The molecule has 2 amide bonds. The maximum absolute atomic E-state index is 12.8. The van der Waals surface area contributed by atoms with Crippen molar-refractivity contribution in [3.05, 3.63) is 71.6 Å². The Bertz CT molecular complexity index is 854. The molecule has 0 saturated heterocycles. The maximum Gasteiger partial charge on any atom is 0.276 e. The van der Waals surface area contributed by atoms with E-state index in [1.54, 1.807) is 6.07 Å². The van der Waals surface area contributed by atoms with Gasteiger partial charge in [-0.25, -0.2) is 4.39 Å². The number of hydrogen-bond donors (Lipinski definition) is 3. The van der Waals surface area contributed by atoms with Crippen molar-refractivity contribution in [3.63, 3.8) is 0 Å². The van der Waals surface area contributed by atoms with E-state index >= 15 is 0 Å². The van der Waals surface area contributed by atoms with Crippen LogP contribution in [-0.4, -0.2) is 23.5 Å². The van der Waals surface area contributed by atoms with E-state index in [1.807, 2.05) is 25.1 Å². The highest BCUT2D eigenvalue weighted by atomic mass is 32.1. The lowest BCUT2D eigenvalue weighted by atomic mass is 10.2. The van der Waals surface area contributed by atoms with E-state index in [2.05, 4.69) is 16.2 Å². The Morgan fingerprint density at radius 1 is 1.11 bits per heavy atom. The van der Waals surface area contributed by atoms with Gasteiger partial charge < -0.3 is 4.74 Å². The third-order valence-electron chi connectivity index (χ3n) is 3.30. The second kappa shape index (κ2) is 10.0. The van der Waals surface area contributed by atoms with Crippen molar-refractivity contribution >= 4 is 35.2 Å². The van der Waals surface area contributed by atoms with E-state index in [4.69, 9.17) is 17.0 Å². The molecule has 0 bridgehead atoms. The summed E-state index contributed by atoms with van der Waals surface area (Å²) < 4.78 is 18.2. The molecule has 0 aliphatic carbocycles. The number of benzene rings is 2. The van der Waals surface area contributed by atoms with Crippen molar-refractivity contribution < 1.29 is 18.7 Å². The number of amides is 2. The highest BCUT2D eigenvalue weighted by Crippen LogP contribution is 2.15. The van der Waals surface area contributed by atoms with Crippen molar-refractivity contribution in [2.75, 3.05) is 6.61 Å². The minimum Gasteiger partial charge on any atom is -0.483 e. The molecule has 140 valence electrons. The van der Waals surface area contributed by atoms with Crippen LogP contribution in [-0.2, 0) is 9.59 Å². The first kappa shape index (κ1) is 20.1. The molecule has 0 radical (unpaired) electrons. The second-order valence-electron chi connectivity index (χ2n) is 5.43. The normalized spacial score (nSPS) is 10.3. The second-order valence-corrected chi connectivity index (χ2v) is 5.84. The first-order valence-corrected chi connectivity index (χ1v) is 8.37. The summed E-state index contributed by atoms with van der Waals surface area (Å²) in [5.41, 5.74) is 6.30. The zero-order valence-electron chi connectivity index (χ0n) is 14.5. The Morgan fingerprint density at radius 2 is 1.81 bits per heavy atom. The molecule has 0 saturated carbocycles. The number of ether oxygens (including phenoxy) is 1. The third-order valence-corrected chi connectivity index (χ3v) is 3.51. The Kier molecular flexibility index (Phi) is 7.45. The van der Waals surface area contributed by atoms with Crippen molar-refractivity contribution in [1.29, 1.82) is 0 Å². The number of carbonyl (C=O) groups excluding carboxylic acids is 2. The lowest BCUT2D eigenvalue weighted by Gasteiger charge is -2.11. The lowest BCUT2D eigenvalue weighted by Crippen LogP contribution is -2.49. The zero-order chi connectivity index (χ0) is 19.6. The number of aryl methyl sites for hydroxylation is 1. The van der Waals surface area contributed by atoms with E-state index in [1.165, 1.54) is 36.4 Å². The van der Waals surface area contributed by atoms with Crippen molar-refractivity contribution in [3.8, 4) is 5.75 Å². The molecule has 0 atom stereocenters. The molecule has 0 fully saturated rings. The fraction of sp³-hybridized carbons (Fsp3) is 0.105. The smallest absolute Gasteiger partial charge is 0.276 e. The molecule has 0 aliphatic heterocycles. The minimum atomic E-state index is -0.498. The zero-order valence-corrected chi connectivity index (χ0v) is 15.3. The molecule has 8 heteroatoms. The molecule has 2 rings (SSSR count). The number of thiocarbonyl (C=S) groups is 1. The van der Waals surface area contributed by atoms with Crippen molar-refractivity contribution in [2.45, 2.75) is 6.92 Å². The van der Waals surface area contributed by atoms with E-state index in [0.29, 0.717) is 11.3 Å². The van der Waals surface area contributed by atoms with Crippen LogP contribution in [0.15, 0.2) is 54.6 Å². The van der Waals surface area contributed by atoms with Gasteiger partial charge in [-0.15, -0.1) is 0 Å². The fourth-order valence-electron chi connectivity index (χ4n) is 1.95. The molecule has 3 N–H and O–H groups in total. The average Bonchev–Trinajstić information content (AvgIpc) is 2.65. The molecular formula is C19H18FN3O3S. The molecule has 0 aromatic heterocycles. The predicted octanol–water partition coefficient (Wildman–Crippen LogP) is 2.25. The molecule has 0 unspecified atom stereocenters. The van der Waals surface area contributed by atoms with E-state index in [9.17, 15) is 14.0 Å². The van der Waals surface area contributed by atoms with Crippen LogP contribution >= 0.6 is 12.2 Å². The number of hydrogen-bond acceptors (Lipinski definition) is 4. The summed E-state index contributed by atoms with van der Waals surface area (Å²) in [4.78, 5) is 23.5. The van der Waals surface area contributed by atoms with Crippen LogP contribution in [0.25, 0.3) is 6.08 Å². The minimum absolute atomic E-state index is 0.0759. The van der Waals surface area contributed by atoms with Gasteiger partial charge in [-0.2, -0.15) is 0 Å². The van der Waals surface area contributed by atoms with Crippen LogP contribution < -0.4 is 20.9 Å². The number of rotatable bonds is 5. The van der Waals surface area contributed by atoms with Crippen LogP contribution in [0.3, 0.4) is 0 Å². The standard InChI is InChI=1S/C19H18FN3O3S/c1-13-4-2-3-5-16(13)26-12-18(25)22-23-19(27)21-17(24)11-8-14-6-9-15(20)10-7-14/h2-11H,12H2,1H3,(H,22,25)(H2,21,23,24,27). The number of para-hydroxylation sites is 1. The Hall–Kier alpha value is -3.26. The van der Waals surface area contributed by atoms with E-state index in [-0.39, 0.29) is 17.5 Å². The van der Waals surface area contributed by atoms with Crippen LogP contribution in [0.1, 0.15) is 11.1 Å². The fourth-order valence-corrected chi connectivity index (χ4v) is 2.11. The average molecular weight is 387 g/mol. The summed E-state index contributed by atoms with van der Waals surface area (Å²) in [6.45, 7) is 1.66. The first-order valence-electron chi connectivity index (χ1n) is 7.96. The molecule has 2 aromatic rings. The molecule has 2 aromatic carbocycles. The van der Waals surface area contributed by atoms with Crippen LogP contribution in [0.5, 0.6) is 5.75 Å². The number of halogens is 1. The van der Waals surface area contributed by atoms with Gasteiger partial charge in [0.25, 0.3) is 5.91 Å². The molecular weight excluding hydrogens is 369 g/mol. The quantitative estimate of drug-likeness (QED) is 0.417. The molecule has 0 spiro atoms. The summed E-state index contributed by atoms with van der Waals surface area (Å²) >= 11 is 4.91. The van der Waals surface area contributed by atoms with Crippen molar-refractivity contribution in [2.24, 2.45) is 0 Å². The monoisotopic (exact) mass is 387 g/mol.